The van der Waals surface area contributed by atoms with Crippen molar-refractivity contribution in [3.8, 4) is 11.8 Å². The number of thiol groups is 1. The second kappa shape index (κ2) is 5.63. The molecule has 0 radical (unpaired) electrons. The average Bonchev–Trinajstić information content (AvgIpc) is 2.20. The Morgan fingerprint density at radius 3 is 2.80 bits per heavy atom. The third-order valence-electron chi connectivity index (χ3n) is 2.10. The molecule has 0 saturated heterocycles. The highest BCUT2D eigenvalue weighted by molar-refractivity contribution is 7.80. The van der Waals surface area contributed by atoms with Gasteiger partial charge in [0.15, 0.2) is 5.78 Å². The first-order chi connectivity index (χ1) is 7.15. The standard InChI is InChI=1S/C13H14OS/c1-10-6-7-13(11(2)14)9-12(10)5-3-4-8-15/h6-7,9,15H,4,8H2,1-2H3. The van der Waals surface area contributed by atoms with Crippen molar-refractivity contribution in [1.29, 1.82) is 0 Å². The monoisotopic (exact) mass is 218 g/mol. The molecule has 0 aliphatic heterocycles. The van der Waals surface area contributed by atoms with Crippen molar-refractivity contribution in [2.75, 3.05) is 5.75 Å². The summed E-state index contributed by atoms with van der Waals surface area (Å²) in [6.07, 6.45) is 0.771. The molecule has 0 aromatic heterocycles. The molecule has 1 aromatic carbocycles. The molecule has 0 bridgehead atoms. The lowest BCUT2D eigenvalue weighted by atomic mass is 10.0. The second-order valence-corrected chi connectivity index (χ2v) is 3.81. The Bertz CT molecular complexity index is 424. The quantitative estimate of drug-likeness (QED) is 0.459. The lowest BCUT2D eigenvalue weighted by Gasteiger charge is -2.00. The predicted octanol–water partition coefficient (Wildman–Crippen LogP) is 2.87. The molecule has 0 spiro atoms. The fraction of sp³-hybridized carbons (Fsp3) is 0.308. The molecule has 0 atom stereocenters. The molecule has 0 aliphatic rings. The van der Waals surface area contributed by atoms with E-state index >= 15 is 0 Å². The zero-order valence-corrected chi connectivity index (χ0v) is 9.90. The van der Waals surface area contributed by atoms with Crippen LogP contribution in [-0.2, 0) is 0 Å². The lowest BCUT2D eigenvalue weighted by molar-refractivity contribution is 0.101. The van der Waals surface area contributed by atoms with Gasteiger partial charge in [0.1, 0.15) is 0 Å². The molecule has 0 aliphatic carbocycles. The van der Waals surface area contributed by atoms with Crippen LogP contribution in [0.4, 0.5) is 0 Å². The van der Waals surface area contributed by atoms with E-state index in [1.54, 1.807) is 6.92 Å². The van der Waals surface area contributed by atoms with Crippen LogP contribution in [0.1, 0.15) is 34.8 Å². The minimum atomic E-state index is 0.0762. The molecular formula is C13H14OS. The van der Waals surface area contributed by atoms with Crippen LogP contribution < -0.4 is 0 Å². The average molecular weight is 218 g/mol. The summed E-state index contributed by atoms with van der Waals surface area (Å²) in [6.45, 7) is 3.56. The van der Waals surface area contributed by atoms with E-state index in [1.165, 1.54) is 0 Å². The second-order valence-electron chi connectivity index (χ2n) is 3.36. The van der Waals surface area contributed by atoms with Crippen LogP contribution in [0.2, 0.25) is 0 Å². The van der Waals surface area contributed by atoms with Crippen LogP contribution in [-0.4, -0.2) is 11.5 Å². The molecule has 1 rings (SSSR count). The fourth-order valence-electron chi connectivity index (χ4n) is 1.19. The summed E-state index contributed by atoms with van der Waals surface area (Å²) in [5.41, 5.74) is 2.76. The van der Waals surface area contributed by atoms with Gasteiger partial charge in [-0.05, 0) is 25.5 Å². The van der Waals surface area contributed by atoms with Crippen molar-refractivity contribution < 1.29 is 4.79 Å². The van der Waals surface area contributed by atoms with Crippen LogP contribution in [0.3, 0.4) is 0 Å². The molecule has 0 saturated carbocycles. The van der Waals surface area contributed by atoms with E-state index in [4.69, 9.17) is 0 Å². The van der Waals surface area contributed by atoms with Crippen molar-refractivity contribution in [2.24, 2.45) is 0 Å². The van der Waals surface area contributed by atoms with Gasteiger partial charge < -0.3 is 0 Å². The third kappa shape index (κ3) is 3.45. The van der Waals surface area contributed by atoms with Crippen LogP contribution in [0.5, 0.6) is 0 Å². The van der Waals surface area contributed by atoms with Gasteiger partial charge in [0.2, 0.25) is 0 Å². The topological polar surface area (TPSA) is 17.1 Å². The van der Waals surface area contributed by atoms with Crippen molar-refractivity contribution in [3.05, 3.63) is 34.9 Å². The molecule has 0 fully saturated rings. The number of aryl methyl sites for hydroxylation is 1. The van der Waals surface area contributed by atoms with Gasteiger partial charge in [-0.1, -0.05) is 24.0 Å². The van der Waals surface area contributed by atoms with Crippen LogP contribution in [0.25, 0.3) is 0 Å². The third-order valence-corrected chi connectivity index (χ3v) is 2.33. The minimum Gasteiger partial charge on any atom is -0.295 e. The molecule has 0 N–H and O–H groups in total. The molecule has 2 heteroatoms. The van der Waals surface area contributed by atoms with Gasteiger partial charge in [-0.2, -0.15) is 12.6 Å². The van der Waals surface area contributed by atoms with E-state index in [9.17, 15) is 4.79 Å². The number of carbonyl (C=O) groups is 1. The SMILES string of the molecule is CC(=O)c1ccc(C)c(C#CCCS)c1. The molecule has 0 unspecified atom stereocenters. The molecular weight excluding hydrogens is 204 g/mol. The van der Waals surface area contributed by atoms with Crippen molar-refractivity contribution in [2.45, 2.75) is 20.3 Å². The van der Waals surface area contributed by atoms with E-state index < -0.39 is 0 Å². The maximum atomic E-state index is 11.2. The molecule has 0 amide bonds. The number of carbonyl (C=O) groups excluding carboxylic acids is 1. The highest BCUT2D eigenvalue weighted by atomic mass is 32.1. The number of hydrogen-bond acceptors (Lipinski definition) is 2. The Morgan fingerprint density at radius 1 is 1.47 bits per heavy atom. The first-order valence-electron chi connectivity index (χ1n) is 4.86. The predicted molar refractivity (Wildman–Crippen MR) is 66.5 cm³/mol. The van der Waals surface area contributed by atoms with E-state index in [1.807, 2.05) is 25.1 Å². The minimum absolute atomic E-state index is 0.0762. The Kier molecular flexibility index (Phi) is 4.45. The summed E-state index contributed by atoms with van der Waals surface area (Å²) in [7, 11) is 0. The van der Waals surface area contributed by atoms with Gasteiger partial charge >= 0.3 is 0 Å². The first-order valence-corrected chi connectivity index (χ1v) is 5.49. The lowest BCUT2D eigenvalue weighted by Crippen LogP contribution is -1.94. The number of hydrogen-bond donors (Lipinski definition) is 1. The van der Waals surface area contributed by atoms with E-state index in [0.29, 0.717) is 0 Å². The molecule has 1 aromatic rings. The summed E-state index contributed by atoms with van der Waals surface area (Å²) in [5, 5.41) is 0. The van der Waals surface area contributed by atoms with E-state index in [0.717, 1.165) is 28.9 Å². The van der Waals surface area contributed by atoms with Crippen molar-refractivity contribution in [3.63, 3.8) is 0 Å². The molecule has 1 nitrogen and oxygen atoms in total. The number of ketones is 1. The Morgan fingerprint density at radius 2 is 2.20 bits per heavy atom. The first kappa shape index (κ1) is 11.9. The van der Waals surface area contributed by atoms with Gasteiger partial charge in [0.05, 0.1) is 0 Å². The maximum Gasteiger partial charge on any atom is 0.159 e. The molecule has 15 heavy (non-hydrogen) atoms. The number of rotatable bonds is 2. The summed E-state index contributed by atoms with van der Waals surface area (Å²) in [5.74, 6) is 6.92. The molecule has 0 heterocycles. The Balaban J connectivity index is 3.02. The van der Waals surface area contributed by atoms with Gasteiger partial charge in [-0.25, -0.2) is 0 Å². The van der Waals surface area contributed by atoms with Gasteiger partial charge in [0.25, 0.3) is 0 Å². The summed E-state index contributed by atoms with van der Waals surface area (Å²) < 4.78 is 0. The van der Waals surface area contributed by atoms with Crippen LogP contribution >= 0.6 is 12.6 Å². The highest BCUT2D eigenvalue weighted by Crippen LogP contribution is 2.10. The number of Topliss-reactive ketones (excluding diaryl/α,β-unsaturated/α-hetero) is 1. The zero-order valence-electron chi connectivity index (χ0n) is 9.00. The highest BCUT2D eigenvalue weighted by Gasteiger charge is 2.01. The summed E-state index contributed by atoms with van der Waals surface area (Å²) >= 11 is 4.09. The van der Waals surface area contributed by atoms with Gasteiger partial charge in [-0.3, -0.25) is 4.79 Å². The van der Waals surface area contributed by atoms with Gasteiger partial charge in [-0.15, -0.1) is 0 Å². The Hall–Kier alpha value is -1.20. The van der Waals surface area contributed by atoms with Crippen LogP contribution in [0, 0.1) is 18.8 Å². The normalized spacial score (nSPS) is 9.27. The number of benzene rings is 1. The van der Waals surface area contributed by atoms with Crippen molar-refractivity contribution >= 4 is 18.4 Å². The van der Waals surface area contributed by atoms with E-state index in [2.05, 4.69) is 24.5 Å². The maximum absolute atomic E-state index is 11.2. The van der Waals surface area contributed by atoms with Crippen LogP contribution in [0.15, 0.2) is 18.2 Å². The zero-order chi connectivity index (χ0) is 11.3. The fourth-order valence-corrected chi connectivity index (χ4v) is 1.30. The van der Waals surface area contributed by atoms with Crippen molar-refractivity contribution in [1.82, 2.24) is 0 Å². The largest absolute Gasteiger partial charge is 0.295 e. The Labute approximate surface area is 96.3 Å². The molecule has 78 valence electrons. The smallest absolute Gasteiger partial charge is 0.159 e. The summed E-state index contributed by atoms with van der Waals surface area (Å²) in [4.78, 5) is 11.2. The van der Waals surface area contributed by atoms with Gasteiger partial charge in [0, 0.05) is 23.3 Å². The summed E-state index contributed by atoms with van der Waals surface area (Å²) in [6, 6.07) is 5.62. The van der Waals surface area contributed by atoms with E-state index in [-0.39, 0.29) is 5.78 Å².